The second kappa shape index (κ2) is 6.60. The Morgan fingerprint density at radius 3 is 2.80 bits per heavy atom. The van der Waals surface area contributed by atoms with Crippen LogP contribution in [-0.4, -0.2) is 64.5 Å². The molecule has 2 rings (SSSR count). The van der Waals surface area contributed by atoms with Gasteiger partial charge in [0, 0.05) is 25.5 Å². The average Bonchev–Trinajstić information content (AvgIpc) is 2.48. The van der Waals surface area contributed by atoms with Crippen LogP contribution in [0.2, 0.25) is 0 Å². The van der Waals surface area contributed by atoms with Crippen LogP contribution in [0.1, 0.15) is 5.56 Å². The predicted molar refractivity (Wildman–Crippen MR) is 72.7 cm³/mol. The first-order valence-electron chi connectivity index (χ1n) is 6.38. The quantitative estimate of drug-likeness (QED) is 0.740. The van der Waals surface area contributed by atoms with Gasteiger partial charge >= 0.3 is 0 Å². The van der Waals surface area contributed by atoms with E-state index < -0.39 is 18.2 Å². The first kappa shape index (κ1) is 14.6. The largest absolute Gasteiger partial charge is 0.388 e. The lowest BCUT2D eigenvalue weighted by molar-refractivity contribution is -0.149. The Balaban J connectivity index is 2.00. The molecule has 1 aliphatic rings. The molecule has 0 radical (unpaired) electrons. The maximum Gasteiger partial charge on any atom is 0.246 e. The maximum atomic E-state index is 12.0. The van der Waals surface area contributed by atoms with E-state index in [2.05, 4.69) is 4.98 Å². The Kier molecular flexibility index (Phi) is 4.84. The van der Waals surface area contributed by atoms with Gasteiger partial charge in [0.15, 0.2) is 0 Å². The number of pyridine rings is 1. The van der Waals surface area contributed by atoms with Crippen LogP contribution >= 0.6 is 0 Å². The number of aliphatic hydroxyl groups excluding tert-OH is 2. The van der Waals surface area contributed by atoms with Crippen molar-refractivity contribution in [1.29, 1.82) is 0 Å². The number of ether oxygens (including phenoxy) is 1. The van der Waals surface area contributed by atoms with Gasteiger partial charge in [-0.25, -0.2) is 0 Å². The molecule has 0 saturated carbocycles. The van der Waals surface area contributed by atoms with Gasteiger partial charge in [-0.2, -0.15) is 0 Å². The fraction of sp³-hybridized carbons (Fsp3) is 0.429. The van der Waals surface area contributed by atoms with E-state index in [0.717, 1.165) is 5.56 Å². The summed E-state index contributed by atoms with van der Waals surface area (Å²) >= 11 is 0. The summed E-state index contributed by atoms with van der Waals surface area (Å²) in [5.41, 5.74) is 0.863. The fourth-order valence-electron chi connectivity index (χ4n) is 2.03. The van der Waals surface area contributed by atoms with Crippen molar-refractivity contribution in [2.75, 3.05) is 20.3 Å². The smallest absolute Gasteiger partial charge is 0.246 e. The van der Waals surface area contributed by atoms with Crippen molar-refractivity contribution in [3.63, 3.8) is 0 Å². The van der Waals surface area contributed by atoms with Gasteiger partial charge < -0.3 is 19.8 Å². The Morgan fingerprint density at radius 2 is 2.10 bits per heavy atom. The van der Waals surface area contributed by atoms with Gasteiger partial charge in [0.05, 0.1) is 19.3 Å². The van der Waals surface area contributed by atoms with Crippen molar-refractivity contribution in [2.45, 2.75) is 18.2 Å². The molecule has 1 saturated heterocycles. The molecule has 0 bridgehead atoms. The summed E-state index contributed by atoms with van der Waals surface area (Å²) in [5, 5.41) is 19.4. The van der Waals surface area contributed by atoms with Crippen LogP contribution in [0.4, 0.5) is 0 Å². The number of amides is 1. The molecule has 6 nitrogen and oxygen atoms in total. The number of hydrogen-bond donors (Lipinski definition) is 2. The van der Waals surface area contributed by atoms with Crippen LogP contribution in [0.25, 0.3) is 6.08 Å². The zero-order chi connectivity index (χ0) is 14.5. The minimum absolute atomic E-state index is 0.0898. The highest BCUT2D eigenvalue weighted by Gasteiger charge is 2.35. The van der Waals surface area contributed by atoms with Crippen molar-refractivity contribution in [1.82, 2.24) is 9.88 Å². The third-order valence-electron chi connectivity index (χ3n) is 3.34. The topological polar surface area (TPSA) is 82.9 Å². The Morgan fingerprint density at radius 1 is 1.40 bits per heavy atom. The summed E-state index contributed by atoms with van der Waals surface area (Å²) in [6, 6.07) is 3.02. The molecule has 1 amide bonds. The summed E-state index contributed by atoms with van der Waals surface area (Å²) in [4.78, 5) is 17.3. The Bertz CT molecular complexity index is 477. The summed E-state index contributed by atoms with van der Waals surface area (Å²) in [5.74, 6) is -0.261. The number of hydrogen-bond acceptors (Lipinski definition) is 5. The van der Waals surface area contributed by atoms with Gasteiger partial charge in [-0.1, -0.05) is 0 Å². The Labute approximate surface area is 117 Å². The van der Waals surface area contributed by atoms with E-state index >= 15 is 0 Å². The van der Waals surface area contributed by atoms with Crippen molar-refractivity contribution >= 4 is 12.0 Å². The molecule has 108 valence electrons. The van der Waals surface area contributed by atoms with Gasteiger partial charge in [-0.15, -0.1) is 0 Å². The molecule has 0 aromatic carbocycles. The molecule has 2 N–H and O–H groups in total. The van der Waals surface area contributed by atoms with Crippen molar-refractivity contribution in [3.8, 4) is 0 Å². The van der Waals surface area contributed by atoms with Crippen LogP contribution in [0.15, 0.2) is 30.6 Å². The molecule has 2 heterocycles. The number of carbonyl (C=O) groups is 1. The average molecular weight is 278 g/mol. The van der Waals surface area contributed by atoms with E-state index in [4.69, 9.17) is 4.74 Å². The number of aliphatic hydroxyl groups is 2. The predicted octanol–water partition coefficient (Wildman–Crippen LogP) is -0.326. The zero-order valence-electron chi connectivity index (χ0n) is 11.2. The molecule has 0 aliphatic carbocycles. The Hall–Kier alpha value is -1.76. The summed E-state index contributed by atoms with van der Waals surface area (Å²) in [6.45, 7) is 0.302. The van der Waals surface area contributed by atoms with E-state index in [0.29, 0.717) is 0 Å². The highest BCUT2D eigenvalue weighted by molar-refractivity contribution is 5.91. The number of carbonyl (C=O) groups excluding carboxylic acids is 1. The molecular weight excluding hydrogens is 260 g/mol. The number of aromatic nitrogens is 1. The lowest BCUT2D eigenvalue weighted by atomic mass is 10.0. The second-order valence-electron chi connectivity index (χ2n) is 4.73. The molecule has 1 aromatic heterocycles. The van der Waals surface area contributed by atoms with Crippen LogP contribution in [0, 0.1) is 0 Å². The van der Waals surface area contributed by atoms with Crippen LogP contribution < -0.4 is 0 Å². The highest BCUT2D eigenvalue weighted by Crippen LogP contribution is 2.14. The van der Waals surface area contributed by atoms with E-state index in [9.17, 15) is 15.0 Å². The van der Waals surface area contributed by atoms with Gasteiger partial charge in [0.25, 0.3) is 0 Å². The number of nitrogens with zero attached hydrogens (tertiary/aromatic N) is 2. The van der Waals surface area contributed by atoms with Gasteiger partial charge in [-0.3, -0.25) is 9.78 Å². The fourth-order valence-corrected chi connectivity index (χ4v) is 2.03. The monoisotopic (exact) mass is 278 g/mol. The number of likely N-dealkylation sites (N-methyl/N-ethyl adjacent to an activating group) is 1. The first-order chi connectivity index (χ1) is 9.59. The van der Waals surface area contributed by atoms with Gasteiger partial charge in [0.1, 0.15) is 12.2 Å². The van der Waals surface area contributed by atoms with E-state index in [1.165, 1.54) is 11.0 Å². The molecule has 0 unspecified atom stereocenters. The second-order valence-corrected chi connectivity index (χ2v) is 4.73. The van der Waals surface area contributed by atoms with Crippen LogP contribution in [0.3, 0.4) is 0 Å². The summed E-state index contributed by atoms with van der Waals surface area (Å²) in [7, 11) is 1.58. The highest BCUT2D eigenvalue weighted by atomic mass is 16.5. The standard InChI is InChI=1S/C14H18N2O4/c1-16(11-8-20-9-12(17)14(11)19)13(18)3-2-10-4-6-15-7-5-10/h2-7,11-12,14,17,19H,8-9H2,1H3/b3-2+/t11-,12-,14+/m1/s1. The van der Waals surface area contributed by atoms with Crippen molar-refractivity contribution < 1.29 is 19.7 Å². The van der Waals surface area contributed by atoms with E-state index in [1.54, 1.807) is 37.7 Å². The molecule has 0 spiro atoms. The number of rotatable bonds is 3. The molecule has 3 atom stereocenters. The minimum atomic E-state index is -0.993. The molecule has 1 aliphatic heterocycles. The molecular formula is C14H18N2O4. The zero-order valence-corrected chi connectivity index (χ0v) is 11.2. The normalized spacial score (nSPS) is 26.6. The SMILES string of the molecule is CN(C(=O)/C=C/c1ccncc1)[C@@H]1COC[C@@H](O)[C@H]1O. The van der Waals surface area contributed by atoms with E-state index in [-0.39, 0.29) is 19.1 Å². The van der Waals surface area contributed by atoms with Gasteiger partial charge in [0.2, 0.25) is 5.91 Å². The minimum Gasteiger partial charge on any atom is -0.388 e. The van der Waals surface area contributed by atoms with Gasteiger partial charge in [-0.05, 0) is 23.8 Å². The summed E-state index contributed by atoms with van der Waals surface area (Å²) in [6.07, 6.45) is 4.42. The van der Waals surface area contributed by atoms with Crippen molar-refractivity contribution in [3.05, 3.63) is 36.2 Å². The first-order valence-corrected chi connectivity index (χ1v) is 6.38. The lowest BCUT2D eigenvalue weighted by Gasteiger charge is -2.37. The molecule has 6 heteroatoms. The molecule has 1 aromatic rings. The van der Waals surface area contributed by atoms with Crippen molar-refractivity contribution in [2.24, 2.45) is 0 Å². The maximum absolute atomic E-state index is 12.0. The molecule has 1 fully saturated rings. The van der Waals surface area contributed by atoms with E-state index in [1.807, 2.05) is 0 Å². The van der Waals surface area contributed by atoms with Crippen LogP contribution in [0.5, 0.6) is 0 Å². The lowest BCUT2D eigenvalue weighted by Crippen LogP contribution is -2.56. The molecule has 20 heavy (non-hydrogen) atoms. The van der Waals surface area contributed by atoms with Crippen LogP contribution in [-0.2, 0) is 9.53 Å². The third-order valence-corrected chi connectivity index (χ3v) is 3.34. The third kappa shape index (κ3) is 3.41. The summed E-state index contributed by atoms with van der Waals surface area (Å²) < 4.78 is 5.16.